The highest BCUT2D eigenvalue weighted by Gasteiger charge is 2.22. The summed E-state index contributed by atoms with van der Waals surface area (Å²) in [7, 11) is -2.13. The van der Waals surface area contributed by atoms with Gasteiger partial charge in [-0.05, 0) is 60.2 Å². The standard InChI is InChI=1S/C25H26ClN3O4S/c1-33-23-9-11-24(12-10-23)34(31,32)27-18-19-5-7-20(8-6-19)25(30)29-15-13-28(14-16-29)22-4-2-3-21(26)17-22/h2-12,17,27H,13-16,18H2,1H3. The summed E-state index contributed by atoms with van der Waals surface area (Å²) in [5.41, 5.74) is 2.40. The van der Waals surface area contributed by atoms with Crippen molar-refractivity contribution in [3.05, 3.63) is 88.9 Å². The normalized spacial score (nSPS) is 14.2. The molecular formula is C25H26ClN3O4S. The average molecular weight is 500 g/mol. The Morgan fingerprint density at radius 2 is 1.65 bits per heavy atom. The summed E-state index contributed by atoms with van der Waals surface area (Å²) in [6.07, 6.45) is 0. The first kappa shape index (κ1) is 24.1. The molecule has 4 rings (SSSR count). The van der Waals surface area contributed by atoms with Crippen molar-refractivity contribution in [2.24, 2.45) is 0 Å². The van der Waals surface area contributed by atoms with Crippen molar-refractivity contribution in [2.75, 3.05) is 38.2 Å². The van der Waals surface area contributed by atoms with Gasteiger partial charge in [0, 0.05) is 49.0 Å². The van der Waals surface area contributed by atoms with Gasteiger partial charge in [-0.25, -0.2) is 13.1 Å². The highest BCUT2D eigenvalue weighted by Crippen LogP contribution is 2.21. The smallest absolute Gasteiger partial charge is 0.253 e. The van der Waals surface area contributed by atoms with E-state index in [9.17, 15) is 13.2 Å². The molecule has 0 atom stereocenters. The van der Waals surface area contributed by atoms with E-state index in [1.165, 1.54) is 19.2 Å². The van der Waals surface area contributed by atoms with E-state index in [1.54, 1.807) is 36.4 Å². The fourth-order valence-electron chi connectivity index (χ4n) is 3.80. The lowest BCUT2D eigenvalue weighted by Crippen LogP contribution is -2.48. The number of carbonyl (C=O) groups excluding carboxylic acids is 1. The van der Waals surface area contributed by atoms with Crippen LogP contribution in [-0.4, -0.2) is 52.5 Å². The van der Waals surface area contributed by atoms with Crippen molar-refractivity contribution in [3.63, 3.8) is 0 Å². The number of anilines is 1. The predicted molar refractivity (Wildman–Crippen MR) is 133 cm³/mol. The molecular weight excluding hydrogens is 474 g/mol. The van der Waals surface area contributed by atoms with Crippen LogP contribution in [0, 0.1) is 0 Å². The molecule has 34 heavy (non-hydrogen) atoms. The van der Waals surface area contributed by atoms with Crippen molar-refractivity contribution < 1.29 is 17.9 Å². The molecule has 0 aromatic heterocycles. The maximum atomic E-state index is 12.9. The number of hydrogen-bond acceptors (Lipinski definition) is 5. The van der Waals surface area contributed by atoms with Crippen molar-refractivity contribution in [1.29, 1.82) is 0 Å². The Morgan fingerprint density at radius 1 is 0.971 bits per heavy atom. The second-order valence-corrected chi connectivity index (χ2v) is 10.2. The predicted octanol–water partition coefficient (Wildman–Crippen LogP) is 3.79. The molecule has 0 bridgehead atoms. The molecule has 1 N–H and O–H groups in total. The van der Waals surface area contributed by atoms with Crippen LogP contribution in [-0.2, 0) is 16.6 Å². The van der Waals surface area contributed by atoms with Gasteiger partial charge < -0.3 is 14.5 Å². The highest BCUT2D eigenvalue weighted by atomic mass is 35.5. The SMILES string of the molecule is COc1ccc(S(=O)(=O)NCc2ccc(C(=O)N3CCN(c4cccc(Cl)c4)CC3)cc2)cc1. The Labute approximate surface area is 205 Å². The number of ether oxygens (including phenoxy) is 1. The molecule has 1 fully saturated rings. The van der Waals surface area contributed by atoms with E-state index in [0.29, 0.717) is 29.4 Å². The zero-order valence-electron chi connectivity index (χ0n) is 18.8. The van der Waals surface area contributed by atoms with Crippen molar-refractivity contribution in [3.8, 4) is 5.75 Å². The molecule has 3 aromatic rings. The molecule has 1 aliphatic rings. The van der Waals surface area contributed by atoms with Crippen LogP contribution in [0.15, 0.2) is 77.7 Å². The van der Waals surface area contributed by atoms with Gasteiger partial charge in [0.15, 0.2) is 0 Å². The van der Waals surface area contributed by atoms with Crippen molar-refractivity contribution in [2.45, 2.75) is 11.4 Å². The summed E-state index contributed by atoms with van der Waals surface area (Å²) in [5.74, 6) is 0.557. The second kappa shape index (κ2) is 10.5. The molecule has 0 aliphatic carbocycles. The van der Waals surface area contributed by atoms with Gasteiger partial charge in [0.25, 0.3) is 5.91 Å². The first-order chi connectivity index (χ1) is 16.4. The van der Waals surface area contributed by atoms with E-state index in [0.717, 1.165) is 24.3 Å². The van der Waals surface area contributed by atoms with Crippen LogP contribution in [0.1, 0.15) is 15.9 Å². The molecule has 7 nitrogen and oxygen atoms in total. The summed E-state index contributed by atoms with van der Waals surface area (Å²) < 4.78 is 32.7. The van der Waals surface area contributed by atoms with Gasteiger partial charge in [0.2, 0.25) is 10.0 Å². The van der Waals surface area contributed by atoms with E-state index in [2.05, 4.69) is 9.62 Å². The number of benzene rings is 3. The van der Waals surface area contributed by atoms with Gasteiger partial charge in [-0.3, -0.25) is 4.79 Å². The van der Waals surface area contributed by atoms with Gasteiger partial charge in [-0.15, -0.1) is 0 Å². The number of piperazine rings is 1. The van der Waals surface area contributed by atoms with Crippen LogP contribution in [0.4, 0.5) is 5.69 Å². The van der Waals surface area contributed by atoms with Gasteiger partial charge in [-0.2, -0.15) is 0 Å². The first-order valence-electron chi connectivity index (χ1n) is 10.9. The van der Waals surface area contributed by atoms with Gasteiger partial charge in [0.05, 0.1) is 12.0 Å². The maximum Gasteiger partial charge on any atom is 0.253 e. The number of hydrogen-bond donors (Lipinski definition) is 1. The lowest BCUT2D eigenvalue weighted by molar-refractivity contribution is 0.0746. The zero-order chi connectivity index (χ0) is 24.1. The number of sulfonamides is 1. The summed E-state index contributed by atoms with van der Waals surface area (Å²) in [4.78, 5) is 17.1. The third-order valence-corrected chi connectivity index (χ3v) is 7.43. The molecule has 3 aromatic carbocycles. The Kier molecular flexibility index (Phi) is 7.41. The van der Waals surface area contributed by atoms with E-state index in [-0.39, 0.29) is 17.3 Å². The number of methoxy groups -OCH3 is 1. The fourth-order valence-corrected chi connectivity index (χ4v) is 5.01. The minimum absolute atomic E-state index is 0.0314. The molecule has 178 valence electrons. The third kappa shape index (κ3) is 5.70. The van der Waals surface area contributed by atoms with Crippen LogP contribution in [0.2, 0.25) is 5.02 Å². The number of rotatable bonds is 7. The van der Waals surface area contributed by atoms with Gasteiger partial charge >= 0.3 is 0 Å². The lowest BCUT2D eigenvalue weighted by Gasteiger charge is -2.36. The summed E-state index contributed by atoms with van der Waals surface area (Å²) in [5, 5.41) is 0.697. The van der Waals surface area contributed by atoms with Crippen LogP contribution in [0.3, 0.4) is 0 Å². The molecule has 1 amide bonds. The Hall–Kier alpha value is -3.07. The average Bonchev–Trinajstić information content (AvgIpc) is 2.87. The number of halogens is 1. The molecule has 0 radical (unpaired) electrons. The summed E-state index contributed by atoms with van der Waals surface area (Å²) in [6.45, 7) is 2.83. The number of nitrogens with zero attached hydrogens (tertiary/aromatic N) is 2. The molecule has 1 heterocycles. The second-order valence-electron chi connectivity index (χ2n) is 7.96. The van der Waals surface area contributed by atoms with Gasteiger partial charge in [0.1, 0.15) is 5.75 Å². The van der Waals surface area contributed by atoms with E-state index < -0.39 is 10.0 Å². The Morgan fingerprint density at radius 3 is 2.26 bits per heavy atom. The molecule has 1 saturated heterocycles. The van der Waals surface area contributed by atoms with E-state index >= 15 is 0 Å². The quantitative estimate of drug-likeness (QED) is 0.535. The topological polar surface area (TPSA) is 78.9 Å². The van der Waals surface area contributed by atoms with E-state index in [1.807, 2.05) is 29.2 Å². The molecule has 0 spiro atoms. The Bertz CT molecular complexity index is 1240. The number of amides is 1. The summed E-state index contributed by atoms with van der Waals surface area (Å²) >= 11 is 6.09. The third-order valence-electron chi connectivity index (χ3n) is 5.78. The van der Waals surface area contributed by atoms with Crippen molar-refractivity contribution >= 4 is 33.2 Å². The lowest BCUT2D eigenvalue weighted by atomic mass is 10.1. The van der Waals surface area contributed by atoms with Crippen molar-refractivity contribution in [1.82, 2.24) is 9.62 Å². The maximum absolute atomic E-state index is 12.9. The van der Waals surface area contributed by atoms with Crippen LogP contribution < -0.4 is 14.4 Å². The molecule has 0 unspecified atom stereocenters. The van der Waals surface area contributed by atoms with Crippen LogP contribution >= 0.6 is 11.6 Å². The first-order valence-corrected chi connectivity index (χ1v) is 12.7. The fraction of sp³-hybridized carbons (Fsp3) is 0.240. The highest BCUT2D eigenvalue weighted by molar-refractivity contribution is 7.89. The Balaban J connectivity index is 1.32. The molecule has 9 heteroatoms. The van der Waals surface area contributed by atoms with Crippen LogP contribution in [0.25, 0.3) is 0 Å². The largest absolute Gasteiger partial charge is 0.497 e. The van der Waals surface area contributed by atoms with E-state index in [4.69, 9.17) is 16.3 Å². The monoisotopic (exact) mass is 499 g/mol. The number of nitrogens with one attached hydrogen (secondary N) is 1. The molecule has 1 aliphatic heterocycles. The van der Waals surface area contributed by atoms with Gasteiger partial charge in [-0.1, -0.05) is 29.8 Å². The minimum Gasteiger partial charge on any atom is -0.497 e. The summed E-state index contributed by atoms with van der Waals surface area (Å²) in [6, 6.07) is 20.9. The zero-order valence-corrected chi connectivity index (χ0v) is 20.3. The minimum atomic E-state index is -3.65. The molecule has 0 saturated carbocycles. The number of carbonyl (C=O) groups is 1. The van der Waals surface area contributed by atoms with Crippen LogP contribution in [0.5, 0.6) is 5.75 Å².